The van der Waals surface area contributed by atoms with Crippen molar-refractivity contribution in [2.45, 2.75) is 10.6 Å². The predicted octanol–water partition coefficient (Wildman–Crippen LogP) is 3.72. The van der Waals surface area contributed by atoms with Crippen LogP contribution in [0.15, 0.2) is 39.0 Å². The molecule has 0 unspecified atom stereocenters. The largest absolute Gasteiger partial charge is 0.399 e. The van der Waals surface area contributed by atoms with E-state index in [0.29, 0.717) is 5.69 Å². The first-order valence-corrected chi connectivity index (χ1v) is 8.60. The molecule has 1 heterocycles. The van der Waals surface area contributed by atoms with Gasteiger partial charge in [-0.05, 0) is 45.6 Å². The summed E-state index contributed by atoms with van der Waals surface area (Å²) in [7, 11) is -3.46. The monoisotopic (exact) mass is 365 g/mol. The van der Waals surface area contributed by atoms with Crippen LogP contribution in [-0.4, -0.2) is 8.42 Å². The number of nitrogens with two attached hydrogens (primary N) is 1. The predicted molar refractivity (Wildman–Crippen MR) is 78.8 cm³/mol. The van der Waals surface area contributed by atoms with Crippen molar-refractivity contribution >= 4 is 54.4 Å². The van der Waals surface area contributed by atoms with Crippen LogP contribution in [0.2, 0.25) is 5.02 Å². The molecule has 0 fully saturated rings. The second kappa shape index (κ2) is 5.21. The molecule has 0 aliphatic carbocycles. The number of benzene rings is 1. The maximum Gasteiger partial charge on any atom is 0.184 e. The van der Waals surface area contributed by atoms with Gasteiger partial charge in [0.15, 0.2) is 9.84 Å². The van der Waals surface area contributed by atoms with Gasteiger partial charge in [-0.25, -0.2) is 8.42 Å². The van der Waals surface area contributed by atoms with Gasteiger partial charge in [0.25, 0.3) is 0 Å². The van der Waals surface area contributed by atoms with Crippen LogP contribution in [0.3, 0.4) is 0 Å². The summed E-state index contributed by atoms with van der Waals surface area (Å²) in [5.74, 6) is -0.0745. The molecule has 0 spiro atoms. The summed E-state index contributed by atoms with van der Waals surface area (Å²) in [5.41, 5.74) is 5.99. The van der Waals surface area contributed by atoms with Gasteiger partial charge in [-0.3, -0.25) is 0 Å². The summed E-state index contributed by atoms with van der Waals surface area (Å²) >= 11 is 10.6. The van der Waals surface area contributed by atoms with Gasteiger partial charge in [-0.15, -0.1) is 11.3 Å². The number of anilines is 1. The molecule has 7 heteroatoms. The van der Waals surface area contributed by atoms with E-state index >= 15 is 0 Å². The second-order valence-electron chi connectivity index (χ2n) is 3.64. The van der Waals surface area contributed by atoms with Crippen LogP contribution in [0.1, 0.15) is 4.88 Å². The number of nitrogen functional groups attached to an aromatic ring is 1. The molecule has 1 aromatic carbocycles. The smallest absolute Gasteiger partial charge is 0.184 e. The van der Waals surface area contributed by atoms with Crippen molar-refractivity contribution in [3.05, 3.63) is 44.0 Å². The normalized spacial score (nSPS) is 11.7. The fraction of sp³-hybridized carbons (Fsp3) is 0.0909. The number of sulfone groups is 1. The van der Waals surface area contributed by atoms with Crippen LogP contribution >= 0.6 is 38.9 Å². The fourth-order valence-electron chi connectivity index (χ4n) is 1.45. The van der Waals surface area contributed by atoms with Crippen molar-refractivity contribution in [3.63, 3.8) is 0 Å². The molecule has 3 nitrogen and oxygen atoms in total. The van der Waals surface area contributed by atoms with Crippen LogP contribution in [-0.2, 0) is 15.6 Å². The Labute approximate surface area is 123 Å². The van der Waals surface area contributed by atoms with Crippen molar-refractivity contribution in [3.8, 4) is 0 Å². The van der Waals surface area contributed by atoms with Crippen molar-refractivity contribution in [2.24, 2.45) is 0 Å². The van der Waals surface area contributed by atoms with E-state index in [4.69, 9.17) is 17.3 Å². The summed E-state index contributed by atoms with van der Waals surface area (Å²) in [6.07, 6.45) is 0. The standard InChI is InChI=1S/C11H9BrClNO2S2/c12-8-3-4-17-10(8)6-18(15,16)11-2-1-7(14)5-9(11)13/h1-5H,6,14H2. The molecular formula is C11H9BrClNO2S2. The molecular weight excluding hydrogens is 358 g/mol. The van der Waals surface area contributed by atoms with Gasteiger partial charge in [-0.2, -0.15) is 0 Å². The molecule has 1 aromatic heterocycles. The molecule has 0 aliphatic rings. The number of halogens is 2. The lowest BCUT2D eigenvalue weighted by atomic mass is 10.3. The number of rotatable bonds is 3. The minimum absolute atomic E-state index is 0.0745. The molecule has 96 valence electrons. The van der Waals surface area contributed by atoms with E-state index in [2.05, 4.69) is 15.9 Å². The Balaban J connectivity index is 2.40. The average Bonchev–Trinajstić information content (AvgIpc) is 2.63. The molecule has 0 saturated carbocycles. The minimum atomic E-state index is -3.46. The Kier molecular flexibility index (Phi) is 4.01. The first kappa shape index (κ1) is 13.9. The van der Waals surface area contributed by atoms with Gasteiger partial charge >= 0.3 is 0 Å². The summed E-state index contributed by atoms with van der Waals surface area (Å²) in [5, 5.41) is 1.99. The third kappa shape index (κ3) is 2.88. The second-order valence-corrected chi connectivity index (χ2v) is 7.86. The van der Waals surface area contributed by atoms with Crippen molar-refractivity contribution < 1.29 is 8.42 Å². The zero-order valence-electron chi connectivity index (χ0n) is 9.06. The van der Waals surface area contributed by atoms with E-state index in [1.54, 1.807) is 0 Å². The van der Waals surface area contributed by atoms with Gasteiger partial charge < -0.3 is 5.73 Å². The first-order valence-electron chi connectivity index (χ1n) is 4.90. The van der Waals surface area contributed by atoms with E-state index in [1.165, 1.54) is 29.5 Å². The van der Waals surface area contributed by atoms with Gasteiger partial charge in [0.05, 0.1) is 15.7 Å². The van der Waals surface area contributed by atoms with E-state index in [0.717, 1.165) is 9.35 Å². The van der Waals surface area contributed by atoms with E-state index in [9.17, 15) is 8.42 Å². The highest BCUT2D eigenvalue weighted by Crippen LogP contribution is 2.30. The topological polar surface area (TPSA) is 60.2 Å². The molecule has 2 N–H and O–H groups in total. The van der Waals surface area contributed by atoms with Gasteiger partial charge in [0.1, 0.15) is 0 Å². The summed E-state index contributed by atoms with van der Waals surface area (Å²) in [4.78, 5) is 0.863. The number of hydrogen-bond donors (Lipinski definition) is 1. The van der Waals surface area contributed by atoms with Gasteiger partial charge in [-0.1, -0.05) is 11.6 Å². The Morgan fingerprint density at radius 1 is 1.33 bits per heavy atom. The van der Waals surface area contributed by atoms with Gasteiger partial charge in [0.2, 0.25) is 0 Å². The van der Waals surface area contributed by atoms with E-state index in [1.807, 2.05) is 11.4 Å². The van der Waals surface area contributed by atoms with Crippen molar-refractivity contribution in [1.29, 1.82) is 0 Å². The molecule has 18 heavy (non-hydrogen) atoms. The van der Waals surface area contributed by atoms with Crippen molar-refractivity contribution in [1.82, 2.24) is 0 Å². The Hall–Kier alpha value is -0.560. The molecule has 0 atom stereocenters. The van der Waals surface area contributed by atoms with Crippen LogP contribution in [0, 0.1) is 0 Å². The SMILES string of the molecule is Nc1ccc(S(=O)(=O)Cc2sccc2Br)c(Cl)c1. The summed E-state index contributed by atoms with van der Waals surface area (Å²) in [6, 6.07) is 6.23. The molecule has 0 saturated heterocycles. The Morgan fingerprint density at radius 2 is 2.06 bits per heavy atom. The van der Waals surface area contributed by atoms with Gasteiger partial charge in [0, 0.05) is 15.0 Å². The lowest BCUT2D eigenvalue weighted by molar-refractivity contribution is 0.595. The number of hydrogen-bond acceptors (Lipinski definition) is 4. The average molecular weight is 367 g/mol. The molecule has 2 rings (SSSR count). The highest BCUT2D eigenvalue weighted by Gasteiger charge is 2.20. The van der Waals surface area contributed by atoms with Crippen molar-refractivity contribution in [2.75, 3.05) is 5.73 Å². The third-order valence-corrected chi connectivity index (χ3v) is 6.53. The zero-order valence-corrected chi connectivity index (χ0v) is 13.0. The van der Waals surface area contributed by atoms with Crippen LogP contribution in [0.4, 0.5) is 5.69 Å². The highest BCUT2D eigenvalue weighted by atomic mass is 79.9. The Morgan fingerprint density at radius 3 is 2.61 bits per heavy atom. The molecule has 0 aliphatic heterocycles. The first-order chi connectivity index (χ1) is 8.40. The molecule has 2 aromatic rings. The third-order valence-electron chi connectivity index (χ3n) is 2.30. The van der Waals surface area contributed by atoms with E-state index in [-0.39, 0.29) is 15.7 Å². The minimum Gasteiger partial charge on any atom is -0.399 e. The molecule has 0 radical (unpaired) electrons. The quantitative estimate of drug-likeness (QED) is 0.842. The fourth-order valence-corrected chi connectivity index (χ4v) is 5.48. The lowest BCUT2D eigenvalue weighted by Gasteiger charge is -2.06. The number of thiophene rings is 1. The van der Waals surface area contributed by atoms with Crippen LogP contribution in [0.5, 0.6) is 0 Å². The maximum absolute atomic E-state index is 12.2. The highest BCUT2D eigenvalue weighted by molar-refractivity contribution is 9.10. The van der Waals surface area contributed by atoms with E-state index < -0.39 is 9.84 Å². The summed E-state index contributed by atoms with van der Waals surface area (Å²) < 4.78 is 25.3. The summed E-state index contributed by atoms with van der Waals surface area (Å²) in [6.45, 7) is 0. The lowest BCUT2D eigenvalue weighted by Crippen LogP contribution is -2.05. The Bertz CT molecular complexity index is 682. The zero-order chi connectivity index (χ0) is 13.3. The van der Waals surface area contributed by atoms with Crippen LogP contribution < -0.4 is 5.73 Å². The molecule has 0 amide bonds. The van der Waals surface area contributed by atoms with Crippen LogP contribution in [0.25, 0.3) is 0 Å². The maximum atomic E-state index is 12.2. The molecule has 0 bridgehead atoms.